The van der Waals surface area contributed by atoms with Crippen molar-refractivity contribution < 1.29 is 74.4 Å². The Morgan fingerprint density at radius 1 is 0.329 bits per heavy atom. The maximum atomic E-state index is 11.1. The molecule has 436 valence electrons. The molecule has 0 spiro atoms. The Morgan fingerprint density at radius 2 is 0.476 bits per heavy atom. The van der Waals surface area contributed by atoms with Crippen molar-refractivity contribution in [3.05, 3.63) is 213 Å². The van der Waals surface area contributed by atoms with Gasteiger partial charge in [-0.25, -0.2) is 0 Å². The third-order valence-corrected chi connectivity index (χ3v) is 18.4. The van der Waals surface area contributed by atoms with Crippen molar-refractivity contribution in [2.24, 2.45) is 0 Å². The molecule has 10 rings (SSSR count). The van der Waals surface area contributed by atoms with Crippen LogP contribution in [0.25, 0.3) is 43.6 Å². The molecular formula is C50H40Br8Co2N10O12. The van der Waals surface area contributed by atoms with Gasteiger partial charge in [0.1, 0.15) is 0 Å². The minimum Gasteiger partial charge on any atom is -0.872 e. The number of aliphatic hydroxyl groups is 2. The summed E-state index contributed by atoms with van der Waals surface area (Å²) in [5.41, 5.74) is 29.3. The Labute approximate surface area is 555 Å². The van der Waals surface area contributed by atoms with E-state index in [-0.39, 0.29) is 51.4 Å². The fourth-order valence-electron chi connectivity index (χ4n) is 5.69. The van der Waals surface area contributed by atoms with Crippen molar-refractivity contribution in [2.75, 3.05) is 37.2 Å². The molecule has 0 saturated carbocycles. The number of para-hydroxylation sites is 4. The molecule has 10 aromatic rings. The maximum Gasteiger partial charge on any atom is 3.00 e. The maximum absolute atomic E-state index is 11.1. The van der Waals surface area contributed by atoms with Crippen LogP contribution in [0.4, 0.5) is 22.7 Å². The second kappa shape index (κ2) is 41.5. The van der Waals surface area contributed by atoms with Crippen LogP contribution in [0.15, 0.2) is 182 Å². The van der Waals surface area contributed by atoms with Gasteiger partial charge < -0.3 is 84.2 Å². The summed E-state index contributed by atoms with van der Waals surface area (Å²) >= 11 is 24.6. The average Bonchev–Trinajstić information content (AvgIpc) is 3.47. The Balaban J connectivity index is 0. The second-order valence-electron chi connectivity index (χ2n) is 14.0. The minimum absolute atomic E-state index is 0. The number of halogens is 8. The van der Waals surface area contributed by atoms with Crippen LogP contribution < -0.4 is 43.4 Å². The van der Waals surface area contributed by atoms with Gasteiger partial charge in [0.2, 0.25) is 0 Å². The topological polar surface area (TPSA) is 421 Å². The molecule has 4 heterocycles. The van der Waals surface area contributed by atoms with E-state index in [0.717, 1.165) is 80.6 Å². The van der Waals surface area contributed by atoms with E-state index in [1.54, 1.807) is 24.8 Å². The predicted molar refractivity (Wildman–Crippen MR) is 334 cm³/mol. The van der Waals surface area contributed by atoms with Crippen LogP contribution in [-0.2, 0) is 33.6 Å². The van der Waals surface area contributed by atoms with E-state index < -0.39 is 33.2 Å². The van der Waals surface area contributed by atoms with Crippen molar-refractivity contribution in [2.45, 2.75) is 0 Å². The number of hydrogen-bond acceptors (Lipinski definition) is 20. The first kappa shape index (κ1) is 78.6. The third kappa shape index (κ3) is 25.2. The Morgan fingerprint density at radius 3 is 0.622 bits per heavy atom. The summed E-state index contributed by atoms with van der Waals surface area (Å²) in [6, 6.07) is 38.8. The summed E-state index contributed by atoms with van der Waals surface area (Å²) in [7, 11) is 2.00. The number of nitrogens with zero attached hydrogens (tertiary/aromatic N) is 6. The summed E-state index contributed by atoms with van der Waals surface area (Å²) in [4.78, 5) is 33.1. The number of hydrogen-bond donors (Lipinski definition) is 6. The van der Waals surface area contributed by atoms with Crippen molar-refractivity contribution in [3.63, 3.8) is 0 Å². The van der Waals surface area contributed by atoms with E-state index >= 15 is 0 Å². The molecule has 4 aromatic heterocycles. The van der Waals surface area contributed by atoms with Crippen LogP contribution >= 0.6 is 127 Å². The molecule has 0 aliphatic heterocycles. The molecule has 32 heteroatoms. The van der Waals surface area contributed by atoms with Crippen molar-refractivity contribution >= 4 is 194 Å². The van der Waals surface area contributed by atoms with Crippen LogP contribution in [0, 0.1) is 30.6 Å². The standard InChI is InChI=1S/4C9H8N2.2C6H2Br4O2.2CH4O.2Co.2NO3/c4*10-8-5-1-3-7-4-2-6-11-9(7)8;2*7-1-2(8)4(10)6(12)5(11)3(1)9;2*1-2;;;2*2-1(3)4/h4*1-6H,10H2;2*11-12H;2*2H,1H3;;;;/q;;;;;;;;2*+3;2*-1/p-4. The number of benzene rings is 6. The third-order valence-electron chi connectivity index (χ3n) is 9.02. The zero-order valence-corrected chi connectivity index (χ0v) is 56.3. The van der Waals surface area contributed by atoms with Gasteiger partial charge >= 0.3 is 33.6 Å². The van der Waals surface area contributed by atoms with Gasteiger partial charge in [-0.3, -0.25) is 19.9 Å². The molecular weight excluding hydrogens is 1690 g/mol. The summed E-state index contributed by atoms with van der Waals surface area (Å²) in [5.74, 6) is -2.23. The molecule has 0 aliphatic rings. The van der Waals surface area contributed by atoms with Gasteiger partial charge in [0, 0.05) is 96.3 Å². The van der Waals surface area contributed by atoms with Gasteiger partial charge in [0.15, 0.2) is 0 Å². The molecule has 0 atom stereocenters. The van der Waals surface area contributed by atoms with E-state index in [4.69, 9.17) is 63.8 Å². The molecule has 0 fully saturated rings. The van der Waals surface area contributed by atoms with E-state index in [9.17, 15) is 20.4 Å². The Hall–Kier alpha value is -5.47. The number of aliphatic hydroxyl groups excluding tert-OH is 2. The number of fused-ring (bicyclic) bond motifs is 4. The van der Waals surface area contributed by atoms with Crippen molar-refractivity contribution in [3.8, 4) is 23.0 Å². The summed E-state index contributed by atoms with van der Waals surface area (Å²) in [6.45, 7) is 0. The number of rotatable bonds is 0. The first-order valence-electron chi connectivity index (χ1n) is 21.2. The van der Waals surface area contributed by atoms with Gasteiger partial charge in [-0.1, -0.05) is 137 Å². The Kier molecular flexibility index (Phi) is 39.8. The summed E-state index contributed by atoms with van der Waals surface area (Å²) in [5, 5.41) is 92.3. The largest absolute Gasteiger partial charge is 3.00 e. The molecule has 0 unspecified atom stereocenters. The van der Waals surface area contributed by atoms with Crippen LogP contribution in [0.2, 0.25) is 0 Å². The van der Waals surface area contributed by atoms with Gasteiger partial charge in [0.25, 0.3) is 0 Å². The van der Waals surface area contributed by atoms with Crippen LogP contribution in [0.5, 0.6) is 23.0 Å². The smallest absolute Gasteiger partial charge is 0.872 e. The molecule has 6 aromatic carbocycles. The zero-order chi connectivity index (χ0) is 60.8. The molecule has 0 aliphatic carbocycles. The average molecular weight is 1730 g/mol. The van der Waals surface area contributed by atoms with E-state index in [1.807, 2.05) is 121 Å². The normalized spacial score (nSPS) is 9.22. The summed E-state index contributed by atoms with van der Waals surface area (Å²) in [6.07, 6.45) is 6.99. The van der Waals surface area contributed by atoms with Crippen molar-refractivity contribution in [1.29, 1.82) is 0 Å². The van der Waals surface area contributed by atoms with Crippen LogP contribution in [0.3, 0.4) is 0 Å². The molecule has 0 bridgehead atoms. The molecule has 0 saturated heterocycles. The number of aromatic nitrogens is 4. The fourth-order valence-corrected chi connectivity index (χ4v) is 9.78. The molecule has 10 N–H and O–H groups in total. The zero-order valence-electron chi connectivity index (χ0n) is 41.5. The van der Waals surface area contributed by atoms with Crippen LogP contribution in [0.1, 0.15) is 0 Å². The van der Waals surface area contributed by atoms with E-state index in [2.05, 4.69) is 147 Å². The quantitative estimate of drug-likeness (QED) is 0.0270. The molecule has 0 radical (unpaired) electrons. The van der Waals surface area contributed by atoms with Gasteiger partial charge in [0.05, 0.1) is 55.0 Å². The summed E-state index contributed by atoms with van der Waals surface area (Å²) < 4.78 is 3.12. The number of nitrogen functional groups attached to an aromatic ring is 4. The van der Waals surface area contributed by atoms with Gasteiger partial charge in [-0.2, -0.15) is 0 Å². The fraction of sp³-hybridized carbons (Fsp3) is 0.0400. The van der Waals surface area contributed by atoms with Gasteiger partial charge in [-0.05, 0) is 112 Å². The van der Waals surface area contributed by atoms with Gasteiger partial charge in [-0.15, -0.1) is 23.0 Å². The number of nitrogens with two attached hydrogens (primary N) is 4. The molecule has 22 nitrogen and oxygen atoms in total. The van der Waals surface area contributed by atoms with E-state index in [1.165, 1.54) is 0 Å². The molecule has 0 amide bonds. The number of pyridine rings is 4. The molecule has 82 heavy (non-hydrogen) atoms. The number of anilines is 4. The SMILES string of the molecule is CO.CO.Nc1cccc2cccnc12.Nc1cccc2cccnc12.Nc1cccc2cccnc12.Nc1cccc2cccnc12.O=[N+]([O-])[O-].O=[N+]([O-])[O-].[Co+3].[Co+3].[O-]c1c([O-])c(Br)c(Br)c(Br)c1Br.[O-]c1c([O-])c(Br)c(Br)c(Br)c1Br. The first-order valence-corrected chi connectivity index (χ1v) is 27.5. The Bertz CT molecular complexity index is 3010. The van der Waals surface area contributed by atoms with Crippen LogP contribution in [-0.4, -0.2) is 54.5 Å². The minimum atomic E-state index is -1.75. The first-order chi connectivity index (χ1) is 37.9. The monoisotopic (exact) mass is 1720 g/mol. The second-order valence-corrected chi connectivity index (χ2v) is 20.3. The van der Waals surface area contributed by atoms with E-state index in [0.29, 0.717) is 17.9 Å². The van der Waals surface area contributed by atoms with Crippen molar-refractivity contribution in [1.82, 2.24) is 19.9 Å². The predicted octanol–water partition coefficient (Wildman–Crippen LogP) is 11.8.